The van der Waals surface area contributed by atoms with Crippen molar-refractivity contribution in [1.82, 2.24) is 10.2 Å². The molecule has 0 aliphatic carbocycles. The Kier molecular flexibility index (Phi) is 4.26. The summed E-state index contributed by atoms with van der Waals surface area (Å²) < 4.78 is 19.2. The Morgan fingerprint density at radius 2 is 1.75 bits per heavy atom. The van der Waals surface area contributed by atoms with Gasteiger partial charge in [0.25, 0.3) is 5.91 Å². The van der Waals surface area contributed by atoms with E-state index in [1.807, 2.05) is 36.4 Å². The first-order valence-corrected chi connectivity index (χ1v) is 8.88. The van der Waals surface area contributed by atoms with Crippen LogP contribution < -0.4 is 10.1 Å². The van der Waals surface area contributed by atoms with E-state index in [4.69, 9.17) is 4.74 Å². The number of amides is 3. The maximum absolute atomic E-state index is 14.0. The highest BCUT2D eigenvalue weighted by Gasteiger charge is 2.49. The minimum atomic E-state index is -1.21. The van der Waals surface area contributed by atoms with E-state index in [2.05, 4.69) is 5.32 Å². The van der Waals surface area contributed by atoms with Gasteiger partial charge in [-0.05, 0) is 47.5 Å². The number of halogens is 1. The summed E-state index contributed by atoms with van der Waals surface area (Å²) in [7, 11) is 1.60. The molecule has 28 heavy (non-hydrogen) atoms. The molecule has 4 rings (SSSR count). The van der Waals surface area contributed by atoms with Crippen molar-refractivity contribution >= 4 is 22.7 Å². The smallest absolute Gasteiger partial charge is 0.325 e. The standard InChI is InChI=1S/C22H19FN2O3/c1-22(17-9-7-15-12-18(28-2)10-8-14(15)11-17)20(26)25(21(27)24-22)13-16-5-3-4-6-19(16)23/h3-12H,13H2,1-2H3,(H,24,27)/t22-/m0/s1. The average Bonchev–Trinajstić information content (AvgIpc) is 2.92. The van der Waals surface area contributed by atoms with E-state index in [0.29, 0.717) is 11.1 Å². The van der Waals surface area contributed by atoms with Crippen molar-refractivity contribution < 1.29 is 18.7 Å². The lowest BCUT2D eigenvalue weighted by Crippen LogP contribution is -2.40. The molecule has 5 nitrogen and oxygen atoms in total. The van der Waals surface area contributed by atoms with Crippen molar-refractivity contribution in [2.24, 2.45) is 0 Å². The Morgan fingerprint density at radius 1 is 1.04 bits per heavy atom. The van der Waals surface area contributed by atoms with Crippen molar-refractivity contribution in [3.63, 3.8) is 0 Å². The number of hydrogen-bond donors (Lipinski definition) is 1. The lowest BCUT2D eigenvalue weighted by atomic mass is 9.90. The van der Waals surface area contributed by atoms with Crippen molar-refractivity contribution in [2.75, 3.05) is 7.11 Å². The molecule has 1 aliphatic heterocycles. The van der Waals surface area contributed by atoms with E-state index in [1.165, 1.54) is 6.07 Å². The zero-order chi connectivity index (χ0) is 19.9. The molecular formula is C22H19FN2O3. The summed E-state index contributed by atoms with van der Waals surface area (Å²) in [5.74, 6) is -0.113. The van der Waals surface area contributed by atoms with E-state index in [0.717, 1.165) is 21.4 Å². The van der Waals surface area contributed by atoms with Crippen molar-refractivity contribution in [2.45, 2.75) is 19.0 Å². The number of carbonyl (C=O) groups excluding carboxylic acids is 2. The van der Waals surface area contributed by atoms with Crippen LogP contribution >= 0.6 is 0 Å². The number of methoxy groups -OCH3 is 1. The largest absolute Gasteiger partial charge is 0.497 e. The number of nitrogens with one attached hydrogen (secondary N) is 1. The van der Waals surface area contributed by atoms with Crippen molar-refractivity contribution in [1.29, 1.82) is 0 Å². The number of rotatable bonds is 4. The summed E-state index contributed by atoms with van der Waals surface area (Å²) >= 11 is 0. The predicted octanol–water partition coefficient (Wildman–Crippen LogP) is 3.95. The van der Waals surface area contributed by atoms with E-state index >= 15 is 0 Å². The van der Waals surface area contributed by atoms with Gasteiger partial charge in [0, 0.05) is 5.56 Å². The highest BCUT2D eigenvalue weighted by atomic mass is 19.1. The molecule has 1 saturated heterocycles. The van der Waals surface area contributed by atoms with Crippen LogP contribution in [0.5, 0.6) is 5.75 Å². The van der Waals surface area contributed by atoms with Gasteiger partial charge in [-0.3, -0.25) is 9.69 Å². The number of urea groups is 1. The zero-order valence-corrected chi connectivity index (χ0v) is 15.5. The number of imide groups is 1. The van der Waals surface area contributed by atoms with E-state index in [-0.39, 0.29) is 6.54 Å². The SMILES string of the molecule is COc1ccc2cc([C@]3(C)NC(=O)N(Cc4ccccc4F)C3=O)ccc2c1. The Bertz CT molecular complexity index is 1100. The van der Waals surface area contributed by atoms with Gasteiger partial charge >= 0.3 is 6.03 Å². The van der Waals surface area contributed by atoms with Gasteiger partial charge in [0.2, 0.25) is 0 Å². The fourth-order valence-corrected chi connectivity index (χ4v) is 3.49. The number of nitrogens with zero attached hydrogens (tertiary/aromatic N) is 1. The zero-order valence-electron chi connectivity index (χ0n) is 15.5. The second kappa shape index (κ2) is 6.64. The predicted molar refractivity (Wildman–Crippen MR) is 103 cm³/mol. The second-order valence-corrected chi connectivity index (χ2v) is 6.97. The summed E-state index contributed by atoms with van der Waals surface area (Å²) in [5, 5.41) is 4.65. The Hall–Kier alpha value is -3.41. The maximum Gasteiger partial charge on any atom is 0.325 e. The van der Waals surface area contributed by atoms with Crippen LogP contribution in [-0.2, 0) is 16.9 Å². The third kappa shape index (κ3) is 2.87. The summed E-state index contributed by atoms with van der Waals surface area (Å²) in [6.07, 6.45) is 0. The van der Waals surface area contributed by atoms with Crippen LogP contribution in [0.3, 0.4) is 0 Å². The fraction of sp³-hybridized carbons (Fsp3) is 0.182. The molecule has 3 amide bonds. The van der Waals surface area contributed by atoms with Gasteiger partial charge in [0.05, 0.1) is 13.7 Å². The van der Waals surface area contributed by atoms with E-state index < -0.39 is 23.3 Å². The monoisotopic (exact) mass is 378 g/mol. The quantitative estimate of drug-likeness (QED) is 0.700. The molecule has 0 aromatic heterocycles. The lowest BCUT2D eigenvalue weighted by Gasteiger charge is -2.23. The van der Waals surface area contributed by atoms with Crippen LogP contribution in [0.4, 0.5) is 9.18 Å². The van der Waals surface area contributed by atoms with Gasteiger partial charge in [0.1, 0.15) is 17.1 Å². The minimum absolute atomic E-state index is 0.113. The van der Waals surface area contributed by atoms with Gasteiger partial charge < -0.3 is 10.1 Å². The molecule has 1 atom stereocenters. The fourth-order valence-electron chi connectivity index (χ4n) is 3.49. The van der Waals surface area contributed by atoms with Crippen LogP contribution in [0.15, 0.2) is 60.7 Å². The number of ether oxygens (including phenoxy) is 1. The third-order valence-electron chi connectivity index (χ3n) is 5.19. The molecule has 0 unspecified atom stereocenters. The Labute approximate surface area is 161 Å². The van der Waals surface area contributed by atoms with Crippen LogP contribution in [0.25, 0.3) is 10.8 Å². The first-order chi connectivity index (χ1) is 13.4. The molecule has 1 heterocycles. The lowest BCUT2D eigenvalue weighted by molar-refractivity contribution is -0.131. The normalized spacial score (nSPS) is 19.2. The summed E-state index contributed by atoms with van der Waals surface area (Å²) in [4.78, 5) is 26.6. The van der Waals surface area contributed by atoms with Crippen LogP contribution in [0, 0.1) is 5.82 Å². The van der Waals surface area contributed by atoms with Gasteiger partial charge in [-0.2, -0.15) is 0 Å². The topological polar surface area (TPSA) is 58.6 Å². The molecule has 1 aliphatic rings. The third-order valence-corrected chi connectivity index (χ3v) is 5.19. The molecule has 3 aromatic carbocycles. The number of carbonyl (C=O) groups is 2. The molecule has 3 aromatic rings. The second-order valence-electron chi connectivity index (χ2n) is 6.97. The molecule has 1 N–H and O–H groups in total. The van der Waals surface area contributed by atoms with Gasteiger partial charge in [-0.1, -0.05) is 36.4 Å². The van der Waals surface area contributed by atoms with E-state index in [1.54, 1.807) is 32.2 Å². The maximum atomic E-state index is 14.0. The molecule has 0 spiro atoms. The van der Waals surface area contributed by atoms with Crippen LogP contribution in [0.1, 0.15) is 18.1 Å². The summed E-state index contributed by atoms with van der Waals surface area (Å²) in [6.45, 7) is 1.55. The van der Waals surface area contributed by atoms with Crippen molar-refractivity contribution in [3.05, 3.63) is 77.6 Å². The number of hydrogen-bond acceptors (Lipinski definition) is 3. The van der Waals surface area contributed by atoms with Gasteiger partial charge in [-0.15, -0.1) is 0 Å². The molecule has 142 valence electrons. The molecule has 0 bridgehead atoms. The van der Waals surface area contributed by atoms with Gasteiger partial charge in [-0.25, -0.2) is 9.18 Å². The molecule has 1 fully saturated rings. The average molecular weight is 378 g/mol. The van der Waals surface area contributed by atoms with Crippen molar-refractivity contribution in [3.8, 4) is 5.75 Å². The highest BCUT2D eigenvalue weighted by Crippen LogP contribution is 2.32. The molecule has 0 radical (unpaired) electrons. The Balaban J connectivity index is 1.68. The molecule has 0 saturated carbocycles. The Morgan fingerprint density at radius 3 is 2.50 bits per heavy atom. The first-order valence-electron chi connectivity index (χ1n) is 8.88. The minimum Gasteiger partial charge on any atom is -0.497 e. The summed E-state index contributed by atoms with van der Waals surface area (Å²) in [5.41, 5.74) is -0.253. The van der Waals surface area contributed by atoms with Gasteiger partial charge in [0.15, 0.2) is 0 Å². The van der Waals surface area contributed by atoms with E-state index in [9.17, 15) is 14.0 Å². The molecule has 6 heteroatoms. The number of benzene rings is 3. The van der Waals surface area contributed by atoms with Crippen LogP contribution in [-0.4, -0.2) is 23.9 Å². The number of fused-ring (bicyclic) bond motifs is 1. The highest BCUT2D eigenvalue weighted by molar-refractivity contribution is 6.07. The first kappa shape index (κ1) is 18.0. The summed E-state index contributed by atoms with van der Waals surface area (Å²) in [6, 6.07) is 16.8. The molecular weight excluding hydrogens is 359 g/mol. The van der Waals surface area contributed by atoms with Crippen LogP contribution in [0.2, 0.25) is 0 Å².